The molecule has 0 aliphatic carbocycles. The van der Waals surface area contributed by atoms with Gasteiger partial charge in [-0.05, 0) is 44.9 Å². The topological polar surface area (TPSA) is 100 Å². The fourth-order valence-corrected chi connectivity index (χ4v) is 4.99. The number of aliphatic hydroxyl groups excluding tert-OH is 1. The summed E-state index contributed by atoms with van der Waals surface area (Å²) in [5.41, 5.74) is 0. The van der Waals surface area contributed by atoms with Crippen LogP contribution in [0.2, 0.25) is 0 Å². The molecule has 0 bridgehead atoms. The summed E-state index contributed by atoms with van der Waals surface area (Å²) in [5, 5.41) is 29.6. The van der Waals surface area contributed by atoms with Gasteiger partial charge in [0.1, 0.15) is 0 Å². The maximum absolute atomic E-state index is 10.3. The largest absolute Gasteiger partial charge is 1.00 e. The van der Waals surface area contributed by atoms with Crippen molar-refractivity contribution < 1.29 is 69.7 Å². The third-order valence-electron chi connectivity index (χ3n) is 7.75. The number of rotatable bonds is 31. The molecule has 0 radical (unpaired) electrons. The number of carboxylic acids is 2. The van der Waals surface area contributed by atoms with Crippen LogP contribution in [0, 0.1) is 0 Å². The quantitative estimate of drug-likeness (QED) is 0.0430. The average Bonchev–Trinajstić information content (AvgIpc) is 2.95. The minimum Gasteiger partial charge on any atom is -0.550 e. The molecule has 0 rings (SSSR count). The number of carbonyl (C=O) groups excluding carboxylic acids is 2. The molecule has 0 fully saturated rings. The van der Waals surface area contributed by atoms with E-state index in [1.807, 2.05) is 0 Å². The summed E-state index contributed by atoms with van der Waals surface area (Å²) in [4.78, 5) is 20.5. The van der Waals surface area contributed by atoms with E-state index in [0.29, 0.717) is 6.42 Å². The molecule has 264 valence electrons. The molecule has 5 nitrogen and oxygen atoms in total. The molecule has 0 aliphatic heterocycles. The fraction of sp³-hybridized carbons (Fsp3) is 0.889. The van der Waals surface area contributed by atoms with Gasteiger partial charge in [-0.15, -0.1) is 0 Å². The molecule has 1 N–H and O–H groups in total. The molecule has 7 heteroatoms. The summed E-state index contributed by atoms with van der Waals surface area (Å²) < 4.78 is 0. The minimum absolute atomic E-state index is 0. The van der Waals surface area contributed by atoms with Crippen LogP contribution in [-0.4, -0.2) is 23.1 Å². The van der Waals surface area contributed by atoms with E-state index in [1.165, 1.54) is 135 Å². The predicted octanol–water partition coefficient (Wildman–Crippen LogP) is 8.74. The van der Waals surface area contributed by atoms with E-state index >= 15 is 0 Å². The van der Waals surface area contributed by atoms with Crippen molar-refractivity contribution in [2.75, 3.05) is 0 Å². The molecule has 0 aromatic rings. The van der Waals surface area contributed by atoms with Crippen molar-refractivity contribution in [3.05, 3.63) is 12.2 Å². The van der Waals surface area contributed by atoms with Gasteiger partial charge in [0.05, 0.1) is 12.1 Å². The van der Waals surface area contributed by atoms with Crippen molar-refractivity contribution >= 4 is 11.9 Å². The molecule has 0 saturated carbocycles. The molecular weight excluding hydrogens is 728 g/mol. The van der Waals surface area contributed by atoms with Gasteiger partial charge in [0.15, 0.2) is 0 Å². The van der Waals surface area contributed by atoms with E-state index < -0.39 is 18.0 Å². The smallest absolute Gasteiger partial charge is 0.550 e. The number of carbonyl (C=O) groups is 2. The Balaban J connectivity index is -0.000000338. The number of unbranched alkanes of at least 4 members (excludes halogenated alkanes) is 24. The number of hydrogen-bond acceptors (Lipinski definition) is 5. The van der Waals surface area contributed by atoms with Crippen LogP contribution in [0.15, 0.2) is 12.2 Å². The van der Waals surface area contributed by atoms with Gasteiger partial charge in [-0.2, -0.15) is 0 Å². The van der Waals surface area contributed by atoms with Gasteiger partial charge in [0.25, 0.3) is 0 Å². The second kappa shape index (κ2) is 44.2. The minimum atomic E-state index is -1.34. The molecule has 0 spiro atoms. The van der Waals surface area contributed by atoms with E-state index in [0.717, 1.165) is 38.5 Å². The molecule has 0 heterocycles. The fourth-order valence-electron chi connectivity index (χ4n) is 4.99. The van der Waals surface area contributed by atoms with Gasteiger partial charge in [-0.25, -0.2) is 0 Å². The van der Waals surface area contributed by atoms with E-state index in [1.54, 1.807) is 0 Å². The molecule has 0 aliphatic rings. The summed E-state index contributed by atoms with van der Waals surface area (Å²) in [6, 6.07) is 0. The van der Waals surface area contributed by atoms with Gasteiger partial charge < -0.3 is 24.9 Å². The monoisotopic (exact) mass is 794 g/mol. The summed E-state index contributed by atoms with van der Waals surface area (Å²) >= 11 is 0. The predicted molar refractivity (Wildman–Crippen MR) is 170 cm³/mol. The molecule has 1 unspecified atom stereocenters. The van der Waals surface area contributed by atoms with E-state index in [4.69, 9.17) is 5.11 Å². The van der Waals surface area contributed by atoms with Crippen molar-refractivity contribution in [2.24, 2.45) is 0 Å². The SMILES string of the molecule is CCCCCCCCC=CCCCCCCCC(=O)[O-].CCCCCCCCCCCCCCCCC(O)C(=O)[O-].[Ag+].[Ag+]. The van der Waals surface area contributed by atoms with E-state index in [2.05, 4.69) is 26.0 Å². The summed E-state index contributed by atoms with van der Waals surface area (Å²) in [5.74, 6) is -2.26. The number of hydrogen-bond donors (Lipinski definition) is 1. The van der Waals surface area contributed by atoms with Crippen LogP contribution in [0.4, 0.5) is 0 Å². The summed E-state index contributed by atoms with van der Waals surface area (Å²) in [6.07, 6.45) is 37.8. The van der Waals surface area contributed by atoms with E-state index in [9.17, 15) is 19.8 Å². The van der Waals surface area contributed by atoms with Crippen molar-refractivity contribution in [1.29, 1.82) is 0 Å². The Morgan fingerprint density at radius 2 is 0.814 bits per heavy atom. The molecule has 43 heavy (non-hydrogen) atoms. The zero-order valence-corrected chi connectivity index (χ0v) is 30.9. The van der Waals surface area contributed by atoms with Gasteiger partial charge in [0.2, 0.25) is 0 Å². The van der Waals surface area contributed by atoms with E-state index in [-0.39, 0.29) is 51.2 Å². The third kappa shape index (κ3) is 49.2. The zero-order valence-electron chi connectivity index (χ0n) is 27.9. The maximum atomic E-state index is 10.3. The molecule has 0 saturated heterocycles. The van der Waals surface area contributed by atoms with Crippen LogP contribution in [-0.2, 0) is 54.3 Å². The van der Waals surface area contributed by atoms with Crippen LogP contribution in [0.3, 0.4) is 0 Å². The van der Waals surface area contributed by atoms with Crippen molar-refractivity contribution in [1.82, 2.24) is 0 Å². The Bertz CT molecular complexity index is 572. The standard InChI is InChI=1S/C18H36O3.C18H34O2.2Ag/c1-2-3-4-5-6-7-8-9-10-11-12-13-14-15-16-17(19)18(20)21;1-2-3-4-5-6-7-8-9-10-11-12-13-14-15-16-17-18(19)20;;/h17,19H,2-16H2,1H3,(H,20,21);9-10H,2-8,11-17H2,1H3,(H,19,20);;/q;;2*+1/p-2. The maximum Gasteiger partial charge on any atom is 1.00 e. The van der Waals surface area contributed by atoms with Crippen LogP contribution in [0.5, 0.6) is 0 Å². The van der Waals surface area contributed by atoms with Crippen LogP contribution in [0.25, 0.3) is 0 Å². The van der Waals surface area contributed by atoms with Crippen LogP contribution in [0.1, 0.15) is 200 Å². The Morgan fingerprint density at radius 3 is 1.14 bits per heavy atom. The number of aliphatic hydroxyl groups is 1. The summed E-state index contributed by atoms with van der Waals surface area (Å²) in [7, 11) is 0. The van der Waals surface area contributed by atoms with Gasteiger partial charge >= 0.3 is 44.8 Å². The molecule has 1 atom stereocenters. The Hall–Kier alpha value is 0.121. The Labute approximate surface area is 298 Å². The first-order valence-corrected chi connectivity index (χ1v) is 17.7. The van der Waals surface area contributed by atoms with Crippen molar-refractivity contribution in [3.8, 4) is 0 Å². The second-order valence-electron chi connectivity index (χ2n) is 11.9. The summed E-state index contributed by atoms with van der Waals surface area (Å²) in [6.45, 7) is 4.51. The third-order valence-corrected chi connectivity index (χ3v) is 7.75. The first-order valence-electron chi connectivity index (χ1n) is 17.7. The molecule has 0 amide bonds. The first kappa shape index (κ1) is 50.0. The van der Waals surface area contributed by atoms with Crippen molar-refractivity contribution in [3.63, 3.8) is 0 Å². The van der Waals surface area contributed by atoms with Gasteiger partial charge in [-0.1, -0.05) is 167 Å². The van der Waals surface area contributed by atoms with Crippen molar-refractivity contribution in [2.45, 2.75) is 206 Å². The number of aliphatic carboxylic acids is 2. The average molecular weight is 797 g/mol. The molecular formula is C36H68Ag2O5. The van der Waals surface area contributed by atoms with Crippen LogP contribution < -0.4 is 10.2 Å². The number of carboxylic acid groups (broad SMARTS) is 2. The first-order chi connectivity index (χ1) is 20.0. The number of allylic oxidation sites excluding steroid dienone is 2. The Kier molecular flexibility index (Phi) is 51.4. The van der Waals surface area contributed by atoms with Gasteiger partial charge in [0, 0.05) is 5.97 Å². The Morgan fingerprint density at radius 1 is 0.512 bits per heavy atom. The second-order valence-corrected chi connectivity index (χ2v) is 11.9. The molecule has 0 aromatic heterocycles. The van der Waals surface area contributed by atoms with Crippen LogP contribution >= 0.6 is 0 Å². The molecule has 0 aromatic carbocycles. The van der Waals surface area contributed by atoms with Gasteiger partial charge in [-0.3, -0.25) is 0 Å². The zero-order chi connectivity index (χ0) is 30.7. The normalized spacial score (nSPS) is 11.3.